The Balaban J connectivity index is 1.77. The Morgan fingerprint density at radius 1 is 1.11 bits per heavy atom. The van der Waals surface area contributed by atoms with Crippen LogP contribution < -0.4 is 0 Å². The van der Waals surface area contributed by atoms with Crippen molar-refractivity contribution in [1.82, 2.24) is 10.2 Å². The molecule has 0 aliphatic heterocycles. The number of halogens is 1. The first-order chi connectivity index (χ1) is 9.22. The van der Waals surface area contributed by atoms with Crippen LogP contribution in [0.2, 0.25) is 0 Å². The van der Waals surface area contributed by atoms with Crippen molar-refractivity contribution in [3.05, 3.63) is 41.8 Å². The van der Waals surface area contributed by atoms with Crippen molar-refractivity contribution in [2.45, 2.75) is 38.5 Å². The van der Waals surface area contributed by atoms with Crippen LogP contribution in [-0.2, 0) is 0 Å². The average molecular weight is 258 g/mol. The van der Waals surface area contributed by atoms with E-state index in [0.29, 0.717) is 5.92 Å². The van der Waals surface area contributed by atoms with E-state index < -0.39 is 0 Å². The van der Waals surface area contributed by atoms with Gasteiger partial charge >= 0.3 is 0 Å². The summed E-state index contributed by atoms with van der Waals surface area (Å²) in [5.74, 6) is 1.26. The molecule has 1 aliphatic carbocycles. The molecule has 0 spiro atoms. The first kappa shape index (κ1) is 12.4. The van der Waals surface area contributed by atoms with E-state index in [-0.39, 0.29) is 5.82 Å². The number of hydrogen-bond donors (Lipinski definition) is 1. The van der Waals surface area contributed by atoms with Crippen molar-refractivity contribution in [2.24, 2.45) is 5.92 Å². The maximum Gasteiger partial charge on any atom is 0.123 e. The predicted octanol–water partition coefficient (Wildman–Crippen LogP) is 4.51. The summed E-state index contributed by atoms with van der Waals surface area (Å²) in [5, 5.41) is 7.52. The molecule has 3 heteroatoms. The molecule has 3 rings (SSSR count). The lowest BCUT2D eigenvalue weighted by Crippen LogP contribution is -2.10. The van der Waals surface area contributed by atoms with Crippen molar-refractivity contribution in [3.8, 4) is 11.3 Å². The van der Waals surface area contributed by atoms with Gasteiger partial charge in [-0.1, -0.05) is 19.8 Å². The molecule has 2 nitrogen and oxygen atoms in total. The SMILES string of the molecule is CC1CCC(c2cc(-c3ccc(F)cc3)n[nH]2)CC1. The largest absolute Gasteiger partial charge is 0.282 e. The number of hydrogen-bond acceptors (Lipinski definition) is 1. The predicted molar refractivity (Wildman–Crippen MR) is 74.4 cm³/mol. The van der Waals surface area contributed by atoms with Gasteiger partial charge in [-0.05, 0) is 49.1 Å². The minimum atomic E-state index is -0.208. The summed E-state index contributed by atoms with van der Waals surface area (Å²) in [6.45, 7) is 2.33. The van der Waals surface area contributed by atoms with E-state index in [4.69, 9.17) is 0 Å². The van der Waals surface area contributed by atoms with E-state index in [1.54, 1.807) is 12.1 Å². The number of aromatic amines is 1. The molecule has 19 heavy (non-hydrogen) atoms. The molecule has 2 aromatic rings. The van der Waals surface area contributed by atoms with Crippen LogP contribution in [0.1, 0.15) is 44.2 Å². The van der Waals surface area contributed by atoms with Gasteiger partial charge in [-0.2, -0.15) is 5.10 Å². The number of H-pyrrole nitrogens is 1. The van der Waals surface area contributed by atoms with E-state index in [1.165, 1.54) is 43.5 Å². The lowest BCUT2D eigenvalue weighted by Gasteiger charge is -2.24. The molecule has 0 radical (unpaired) electrons. The van der Waals surface area contributed by atoms with Crippen LogP contribution in [0.4, 0.5) is 4.39 Å². The van der Waals surface area contributed by atoms with Crippen LogP contribution in [0.15, 0.2) is 30.3 Å². The number of aromatic nitrogens is 2. The molecule has 100 valence electrons. The zero-order valence-electron chi connectivity index (χ0n) is 11.2. The van der Waals surface area contributed by atoms with E-state index >= 15 is 0 Å². The zero-order chi connectivity index (χ0) is 13.2. The second-order valence-electron chi connectivity index (χ2n) is 5.67. The number of nitrogens with one attached hydrogen (secondary N) is 1. The van der Waals surface area contributed by atoms with Gasteiger partial charge in [0.25, 0.3) is 0 Å². The van der Waals surface area contributed by atoms with Crippen molar-refractivity contribution in [2.75, 3.05) is 0 Å². The minimum absolute atomic E-state index is 0.208. The summed E-state index contributed by atoms with van der Waals surface area (Å²) < 4.78 is 12.9. The Bertz CT molecular complexity index is 536. The van der Waals surface area contributed by atoms with Gasteiger partial charge in [0.2, 0.25) is 0 Å². The van der Waals surface area contributed by atoms with E-state index in [9.17, 15) is 4.39 Å². The molecule has 1 aromatic heterocycles. The van der Waals surface area contributed by atoms with Crippen LogP contribution >= 0.6 is 0 Å². The Kier molecular flexibility index (Phi) is 3.36. The van der Waals surface area contributed by atoms with Gasteiger partial charge in [0.15, 0.2) is 0 Å². The molecular weight excluding hydrogens is 239 g/mol. The lowest BCUT2D eigenvalue weighted by molar-refractivity contribution is 0.344. The number of benzene rings is 1. The van der Waals surface area contributed by atoms with Crippen LogP contribution in [-0.4, -0.2) is 10.2 Å². The normalized spacial score (nSPS) is 23.5. The topological polar surface area (TPSA) is 28.7 Å². The summed E-state index contributed by atoms with van der Waals surface area (Å²) >= 11 is 0. The fraction of sp³-hybridized carbons (Fsp3) is 0.438. The third-order valence-corrected chi connectivity index (χ3v) is 4.19. The maximum absolute atomic E-state index is 12.9. The highest BCUT2D eigenvalue weighted by Gasteiger charge is 2.21. The van der Waals surface area contributed by atoms with Gasteiger partial charge in [0, 0.05) is 17.2 Å². The minimum Gasteiger partial charge on any atom is -0.282 e. The Labute approximate surface area is 113 Å². The molecule has 0 saturated heterocycles. The van der Waals surface area contributed by atoms with Crippen molar-refractivity contribution >= 4 is 0 Å². The maximum atomic E-state index is 12.9. The monoisotopic (exact) mass is 258 g/mol. The smallest absolute Gasteiger partial charge is 0.123 e. The van der Waals surface area contributed by atoms with Crippen LogP contribution in [0.25, 0.3) is 11.3 Å². The molecule has 1 N–H and O–H groups in total. The zero-order valence-corrected chi connectivity index (χ0v) is 11.2. The van der Waals surface area contributed by atoms with Gasteiger partial charge in [0.05, 0.1) is 5.69 Å². The molecule has 1 aromatic carbocycles. The second-order valence-corrected chi connectivity index (χ2v) is 5.67. The molecule has 0 unspecified atom stereocenters. The summed E-state index contributed by atoms with van der Waals surface area (Å²) in [6, 6.07) is 8.63. The molecular formula is C16H19FN2. The molecule has 0 amide bonds. The van der Waals surface area contributed by atoms with E-state index in [0.717, 1.165) is 17.2 Å². The van der Waals surface area contributed by atoms with Crippen molar-refractivity contribution in [1.29, 1.82) is 0 Å². The van der Waals surface area contributed by atoms with Crippen molar-refractivity contribution < 1.29 is 4.39 Å². The van der Waals surface area contributed by atoms with Gasteiger partial charge < -0.3 is 0 Å². The summed E-state index contributed by atoms with van der Waals surface area (Å²) in [4.78, 5) is 0. The molecule has 1 aliphatic rings. The van der Waals surface area contributed by atoms with Crippen LogP contribution in [0, 0.1) is 11.7 Å². The van der Waals surface area contributed by atoms with E-state index in [1.807, 2.05) is 0 Å². The first-order valence-electron chi connectivity index (χ1n) is 7.03. The quantitative estimate of drug-likeness (QED) is 0.843. The highest BCUT2D eigenvalue weighted by molar-refractivity contribution is 5.59. The fourth-order valence-electron chi connectivity index (χ4n) is 2.89. The number of rotatable bonds is 2. The molecule has 0 atom stereocenters. The standard InChI is InChI=1S/C16H19FN2/c1-11-2-4-12(5-3-11)15-10-16(19-18-15)13-6-8-14(17)9-7-13/h6-12H,2-5H2,1H3,(H,18,19). The molecule has 1 saturated carbocycles. The summed E-state index contributed by atoms with van der Waals surface area (Å²) in [7, 11) is 0. The van der Waals surface area contributed by atoms with Crippen molar-refractivity contribution in [3.63, 3.8) is 0 Å². The highest BCUT2D eigenvalue weighted by atomic mass is 19.1. The van der Waals surface area contributed by atoms with Crippen LogP contribution in [0.5, 0.6) is 0 Å². The summed E-state index contributed by atoms with van der Waals surface area (Å²) in [6.07, 6.45) is 5.09. The van der Waals surface area contributed by atoms with Crippen LogP contribution in [0.3, 0.4) is 0 Å². The Morgan fingerprint density at radius 2 is 1.79 bits per heavy atom. The molecule has 1 heterocycles. The molecule has 1 fully saturated rings. The fourth-order valence-corrected chi connectivity index (χ4v) is 2.89. The van der Waals surface area contributed by atoms with Gasteiger partial charge in [-0.25, -0.2) is 4.39 Å². The third kappa shape index (κ3) is 2.70. The summed E-state index contributed by atoms with van der Waals surface area (Å²) in [5.41, 5.74) is 3.10. The lowest BCUT2D eigenvalue weighted by atomic mass is 9.81. The third-order valence-electron chi connectivity index (χ3n) is 4.19. The van der Waals surface area contributed by atoms with Gasteiger partial charge in [-0.3, -0.25) is 5.10 Å². The molecule has 0 bridgehead atoms. The van der Waals surface area contributed by atoms with E-state index in [2.05, 4.69) is 23.2 Å². The number of nitrogens with zero attached hydrogens (tertiary/aromatic N) is 1. The highest BCUT2D eigenvalue weighted by Crippen LogP contribution is 2.35. The Hall–Kier alpha value is -1.64. The van der Waals surface area contributed by atoms with Gasteiger partial charge in [-0.15, -0.1) is 0 Å². The second kappa shape index (κ2) is 5.16. The Morgan fingerprint density at radius 3 is 2.47 bits per heavy atom. The van der Waals surface area contributed by atoms with Gasteiger partial charge in [0.1, 0.15) is 5.82 Å². The average Bonchev–Trinajstić information content (AvgIpc) is 2.90. The first-order valence-corrected chi connectivity index (χ1v) is 7.03.